The largest absolute Gasteiger partial charge is 0.456 e. The normalized spacial score (nSPS) is 11.8. The van der Waals surface area contributed by atoms with Crippen LogP contribution in [-0.4, -0.2) is 15.0 Å². The van der Waals surface area contributed by atoms with Crippen LogP contribution in [0.1, 0.15) is 0 Å². The number of aromatic nitrogens is 3. The molecule has 5 nitrogen and oxygen atoms in total. The van der Waals surface area contributed by atoms with Gasteiger partial charge in [0.2, 0.25) is 0 Å². The molecule has 3 heterocycles. The molecule has 0 fully saturated rings. The van der Waals surface area contributed by atoms with E-state index in [1.807, 2.05) is 54.6 Å². The first-order valence-corrected chi connectivity index (χ1v) is 17.4. The summed E-state index contributed by atoms with van der Waals surface area (Å²) in [6.45, 7) is 0. The van der Waals surface area contributed by atoms with Crippen LogP contribution in [0.2, 0.25) is 0 Å². The number of hydrogen-bond donors (Lipinski definition) is 0. The molecule has 0 unspecified atom stereocenters. The van der Waals surface area contributed by atoms with Gasteiger partial charge in [0.05, 0.1) is 0 Å². The maximum absolute atomic E-state index is 6.46. The van der Waals surface area contributed by atoms with Crippen molar-refractivity contribution in [1.29, 1.82) is 0 Å². The number of benzene rings is 8. The van der Waals surface area contributed by atoms with E-state index < -0.39 is 0 Å². The van der Waals surface area contributed by atoms with Crippen molar-refractivity contribution < 1.29 is 8.83 Å². The summed E-state index contributed by atoms with van der Waals surface area (Å²) in [6.07, 6.45) is 0. The van der Waals surface area contributed by atoms with Gasteiger partial charge in [0.25, 0.3) is 0 Å². The Kier molecular flexibility index (Phi) is 6.18. The van der Waals surface area contributed by atoms with Crippen molar-refractivity contribution in [1.82, 2.24) is 15.0 Å². The van der Waals surface area contributed by atoms with Crippen molar-refractivity contribution in [3.05, 3.63) is 164 Å². The van der Waals surface area contributed by atoms with E-state index in [0.29, 0.717) is 17.5 Å². The van der Waals surface area contributed by atoms with Crippen LogP contribution in [0.15, 0.2) is 173 Å². The van der Waals surface area contributed by atoms with Gasteiger partial charge in [0.15, 0.2) is 17.5 Å². The van der Waals surface area contributed by atoms with E-state index in [2.05, 4.69) is 109 Å². The summed E-state index contributed by atoms with van der Waals surface area (Å²) in [6, 6.07) is 56.2. The van der Waals surface area contributed by atoms with E-state index in [9.17, 15) is 0 Å². The smallest absolute Gasteiger partial charge is 0.164 e. The molecule has 8 aromatic carbocycles. The van der Waals surface area contributed by atoms with Gasteiger partial charge in [-0.2, -0.15) is 0 Å². The van der Waals surface area contributed by atoms with Gasteiger partial charge in [-0.1, -0.05) is 133 Å². The quantitative estimate of drug-likeness (QED) is 0.187. The number of nitrogens with zero attached hydrogens (tertiary/aromatic N) is 3. The first-order chi connectivity index (χ1) is 25.8. The third kappa shape index (κ3) is 4.33. The van der Waals surface area contributed by atoms with Crippen molar-refractivity contribution >= 4 is 65.4 Å². The molecular weight excluding hydrogens is 639 g/mol. The van der Waals surface area contributed by atoms with Gasteiger partial charge in [-0.05, 0) is 57.6 Å². The molecule has 0 N–H and O–H groups in total. The second-order valence-electron chi connectivity index (χ2n) is 13.1. The molecule has 5 heteroatoms. The number of para-hydroxylation sites is 2. The zero-order valence-corrected chi connectivity index (χ0v) is 27.7. The highest BCUT2D eigenvalue weighted by Crippen LogP contribution is 2.41. The lowest BCUT2D eigenvalue weighted by atomic mass is 9.94. The molecule has 11 aromatic rings. The fourth-order valence-electron chi connectivity index (χ4n) is 7.80. The van der Waals surface area contributed by atoms with E-state index in [1.165, 1.54) is 0 Å². The molecule has 0 spiro atoms. The summed E-state index contributed by atoms with van der Waals surface area (Å²) in [7, 11) is 0. The van der Waals surface area contributed by atoms with E-state index in [1.54, 1.807) is 0 Å². The third-order valence-corrected chi connectivity index (χ3v) is 10.2. The monoisotopic (exact) mass is 665 g/mol. The molecule has 0 bridgehead atoms. The molecule has 0 atom stereocenters. The number of hydrogen-bond acceptors (Lipinski definition) is 5. The van der Waals surface area contributed by atoms with E-state index >= 15 is 0 Å². The van der Waals surface area contributed by atoms with Crippen LogP contribution < -0.4 is 0 Å². The molecule has 0 aliphatic carbocycles. The van der Waals surface area contributed by atoms with Crippen LogP contribution in [0.25, 0.3) is 111 Å². The molecule has 11 rings (SSSR count). The summed E-state index contributed by atoms with van der Waals surface area (Å²) < 4.78 is 12.8. The minimum atomic E-state index is 0.579. The van der Waals surface area contributed by atoms with Gasteiger partial charge in [-0.25, -0.2) is 15.0 Å². The third-order valence-electron chi connectivity index (χ3n) is 10.2. The predicted molar refractivity (Wildman–Crippen MR) is 211 cm³/mol. The van der Waals surface area contributed by atoms with Crippen molar-refractivity contribution in [2.75, 3.05) is 0 Å². The van der Waals surface area contributed by atoms with Crippen LogP contribution in [0.4, 0.5) is 0 Å². The van der Waals surface area contributed by atoms with Crippen LogP contribution in [0.5, 0.6) is 0 Å². The topological polar surface area (TPSA) is 65.0 Å². The van der Waals surface area contributed by atoms with Gasteiger partial charge in [-0.3, -0.25) is 0 Å². The highest BCUT2D eigenvalue weighted by Gasteiger charge is 2.21. The minimum absolute atomic E-state index is 0.579. The lowest BCUT2D eigenvalue weighted by molar-refractivity contribution is 0.669. The molecule has 52 heavy (non-hydrogen) atoms. The Morgan fingerprint density at radius 1 is 0.288 bits per heavy atom. The Hall–Kier alpha value is -7.11. The molecule has 3 aromatic heterocycles. The van der Waals surface area contributed by atoms with Gasteiger partial charge >= 0.3 is 0 Å². The lowest BCUT2D eigenvalue weighted by Gasteiger charge is -2.14. The minimum Gasteiger partial charge on any atom is -0.456 e. The van der Waals surface area contributed by atoms with Crippen molar-refractivity contribution in [3.8, 4) is 45.3 Å². The zero-order chi connectivity index (χ0) is 34.2. The molecule has 0 radical (unpaired) electrons. The molecule has 242 valence electrons. The SMILES string of the molecule is c1ccc(-c2ccc(-c3nc(-c4cccc5c4ccc4c6ccccc6oc54)nc(-c4cccc5oc6ccccc6c45)n3)c3ccccc23)cc1. The summed E-state index contributed by atoms with van der Waals surface area (Å²) in [5.74, 6) is 1.76. The summed E-state index contributed by atoms with van der Waals surface area (Å²) in [5.41, 5.74) is 8.38. The molecule has 0 amide bonds. The van der Waals surface area contributed by atoms with Gasteiger partial charge in [-0.15, -0.1) is 0 Å². The van der Waals surface area contributed by atoms with E-state index in [0.717, 1.165) is 93.2 Å². The Morgan fingerprint density at radius 2 is 0.769 bits per heavy atom. The van der Waals surface area contributed by atoms with E-state index in [-0.39, 0.29) is 0 Å². The van der Waals surface area contributed by atoms with Crippen LogP contribution in [0, 0.1) is 0 Å². The number of fused-ring (bicyclic) bond motifs is 9. The van der Waals surface area contributed by atoms with E-state index in [4.69, 9.17) is 23.8 Å². The molecule has 0 saturated heterocycles. The summed E-state index contributed by atoms with van der Waals surface area (Å²) in [4.78, 5) is 15.8. The lowest BCUT2D eigenvalue weighted by Crippen LogP contribution is -2.01. The van der Waals surface area contributed by atoms with Gasteiger partial charge < -0.3 is 8.83 Å². The second kappa shape index (κ2) is 11.2. The van der Waals surface area contributed by atoms with Crippen molar-refractivity contribution in [2.24, 2.45) is 0 Å². The highest BCUT2D eigenvalue weighted by molar-refractivity contribution is 6.17. The number of furan rings is 2. The van der Waals surface area contributed by atoms with Gasteiger partial charge in [0.1, 0.15) is 22.3 Å². The Morgan fingerprint density at radius 3 is 1.56 bits per heavy atom. The average molecular weight is 666 g/mol. The Bertz CT molecular complexity index is 3190. The van der Waals surface area contributed by atoms with Crippen LogP contribution in [-0.2, 0) is 0 Å². The maximum Gasteiger partial charge on any atom is 0.164 e. The zero-order valence-electron chi connectivity index (χ0n) is 27.7. The predicted octanol–water partition coefficient (Wildman–Crippen LogP) is 12.6. The van der Waals surface area contributed by atoms with Crippen molar-refractivity contribution in [2.45, 2.75) is 0 Å². The summed E-state index contributed by atoms with van der Waals surface area (Å²) in [5, 5.41) is 8.40. The fourth-order valence-corrected chi connectivity index (χ4v) is 7.80. The molecular formula is C47H27N3O2. The van der Waals surface area contributed by atoms with Crippen molar-refractivity contribution in [3.63, 3.8) is 0 Å². The molecule has 0 saturated carbocycles. The first-order valence-electron chi connectivity index (χ1n) is 17.4. The Labute approximate surface area is 297 Å². The molecule has 0 aliphatic heterocycles. The average Bonchev–Trinajstić information content (AvgIpc) is 3.79. The number of rotatable bonds is 4. The standard InChI is InChI=1S/C47H27N3O2/c1-2-12-28(13-3-1)29-24-27-37(31-15-5-4-14-30(29)31)46-48-45(49-47(50-46)39-20-11-23-42-43(39)38-17-7-9-22-41(38)51-42)36-19-10-18-34-32(36)25-26-35-33-16-6-8-21-40(33)52-44(34)35/h1-27H. The summed E-state index contributed by atoms with van der Waals surface area (Å²) >= 11 is 0. The Balaban J connectivity index is 1.20. The first kappa shape index (κ1) is 28.7. The molecule has 0 aliphatic rings. The van der Waals surface area contributed by atoms with Gasteiger partial charge in [0, 0.05) is 43.6 Å². The highest BCUT2D eigenvalue weighted by atomic mass is 16.3. The fraction of sp³-hybridized carbons (Fsp3) is 0. The van der Waals surface area contributed by atoms with Crippen LogP contribution >= 0.6 is 0 Å². The second-order valence-corrected chi connectivity index (χ2v) is 13.1. The maximum atomic E-state index is 6.46. The van der Waals surface area contributed by atoms with Crippen LogP contribution in [0.3, 0.4) is 0 Å².